The van der Waals surface area contributed by atoms with Gasteiger partial charge in [0.1, 0.15) is 5.75 Å². The summed E-state index contributed by atoms with van der Waals surface area (Å²) in [7, 11) is 1.59. The van der Waals surface area contributed by atoms with Gasteiger partial charge in [-0.15, -0.1) is 11.3 Å². The lowest BCUT2D eigenvalue weighted by atomic mass is 10.2. The van der Waals surface area contributed by atoms with Crippen LogP contribution >= 0.6 is 11.3 Å². The molecule has 0 radical (unpaired) electrons. The molecule has 110 valence electrons. The molecule has 0 fully saturated rings. The Morgan fingerprint density at radius 3 is 2.95 bits per heavy atom. The Balaban J connectivity index is 1.73. The van der Waals surface area contributed by atoms with Gasteiger partial charge < -0.3 is 14.9 Å². The maximum Gasteiger partial charge on any atom is 0.261 e. The molecule has 0 atom stereocenters. The van der Waals surface area contributed by atoms with E-state index in [2.05, 4.69) is 10.5 Å². The fraction of sp³-hybridized carbons (Fsp3) is 0.200. The number of rotatable bonds is 7. The van der Waals surface area contributed by atoms with E-state index in [9.17, 15) is 4.79 Å². The summed E-state index contributed by atoms with van der Waals surface area (Å²) in [4.78, 5) is 17.6. The molecule has 0 aliphatic carbocycles. The van der Waals surface area contributed by atoms with Gasteiger partial charge in [0.25, 0.3) is 5.91 Å². The van der Waals surface area contributed by atoms with Crippen molar-refractivity contribution in [1.29, 1.82) is 0 Å². The predicted molar refractivity (Wildman–Crippen MR) is 82.7 cm³/mol. The zero-order valence-electron chi connectivity index (χ0n) is 11.6. The van der Waals surface area contributed by atoms with Crippen LogP contribution in [0.25, 0.3) is 0 Å². The molecule has 0 aliphatic rings. The van der Waals surface area contributed by atoms with Gasteiger partial charge in [0, 0.05) is 10.4 Å². The number of carbonyl (C=O) groups is 1. The topological polar surface area (TPSA) is 59.9 Å². The van der Waals surface area contributed by atoms with E-state index in [1.807, 2.05) is 41.8 Å². The van der Waals surface area contributed by atoms with Gasteiger partial charge in [0.05, 0.1) is 19.9 Å². The number of carbonyl (C=O) groups excluding carboxylic acids is 1. The maximum absolute atomic E-state index is 11.5. The number of hydrogen-bond donors (Lipinski definition) is 1. The van der Waals surface area contributed by atoms with Gasteiger partial charge in [-0.05, 0) is 23.6 Å². The van der Waals surface area contributed by atoms with Crippen LogP contribution in [0.1, 0.15) is 10.4 Å². The van der Waals surface area contributed by atoms with Crippen molar-refractivity contribution in [3.63, 3.8) is 0 Å². The van der Waals surface area contributed by atoms with Gasteiger partial charge in [0.2, 0.25) is 0 Å². The molecule has 1 aromatic heterocycles. The fourth-order valence-electron chi connectivity index (χ4n) is 1.61. The standard InChI is InChI=1S/C15H16N2O3S/c1-19-14-7-3-2-5-12(14)9-17-20-11-15(18)16-10-13-6-4-8-21-13/h2-9H,10-11H2,1H3,(H,16,18)/b17-9-. The van der Waals surface area contributed by atoms with Crippen molar-refractivity contribution >= 4 is 23.5 Å². The second kappa shape index (κ2) is 8.06. The van der Waals surface area contributed by atoms with Gasteiger partial charge in [0.15, 0.2) is 6.61 Å². The summed E-state index contributed by atoms with van der Waals surface area (Å²) >= 11 is 1.60. The lowest BCUT2D eigenvalue weighted by molar-refractivity contribution is -0.125. The number of amides is 1. The molecule has 1 N–H and O–H groups in total. The quantitative estimate of drug-likeness (QED) is 0.631. The van der Waals surface area contributed by atoms with Crippen LogP contribution in [0.15, 0.2) is 46.9 Å². The molecule has 1 heterocycles. The van der Waals surface area contributed by atoms with Gasteiger partial charge >= 0.3 is 0 Å². The molecule has 0 saturated heterocycles. The van der Waals surface area contributed by atoms with Crippen molar-refractivity contribution in [2.45, 2.75) is 6.54 Å². The summed E-state index contributed by atoms with van der Waals surface area (Å²) in [6.45, 7) is 0.396. The highest BCUT2D eigenvalue weighted by Crippen LogP contribution is 2.14. The first kappa shape index (κ1) is 15.1. The van der Waals surface area contributed by atoms with Crippen molar-refractivity contribution < 1.29 is 14.4 Å². The Bertz CT molecular complexity index is 597. The first-order chi connectivity index (χ1) is 10.3. The Kier molecular flexibility index (Phi) is 5.78. The van der Waals surface area contributed by atoms with Gasteiger partial charge in [-0.3, -0.25) is 4.79 Å². The van der Waals surface area contributed by atoms with Gasteiger partial charge in [-0.2, -0.15) is 0 Å². The molecule has 0 saturated carbocycles. The fourth-order valence-corrected chi connectivity index (χ4v) is 2.26. The molecule has 5 nitrogen and oxygen atoms in total. The van der Waals surface area contributed by atoms with Crippen molar-refractivity contribution in [3.8, 4) is 5.75 Å². The van der Waals surface area contributed by atoms with Crippen LogP contribution in [0.2, 0.25) is 0 Å². The molecule has 1 amide bonds. The van der Waals surface area contributed by atoms with Crippen LogP contribution in [0.5, 0.6) is 5.75 Å². The van der Waals surface area contributed by atoms with E-state index in [-0.39, 0.29) is 12.5 Å². The number of thiophene rings is 1. The van der Waals surface area contributed by atoms with Crippen LogP contribution in [-0.2, 0) is 16.2 Å². The van der Waals surface area contributed by atoms with Crippen LogP contribution in [0, 0.1) is 0 Å². The van der Waals surface area contributed by atoms with Crippen molar-refractivity contribution in [2.24, 2.45) is 5.16 Å². The van der Waals surface area contributed by atoms with Crippen molar-refractivity contribution in [2.75, 3.05) is 13.7 Å². The molecule has 21 heavy (non-hydrogen) atoms. The third-order valence-corrected chi connectivity index (χ3v) is 3.52. The van der Waals surface area contributed by atoms with E-state index in [4.69, 9.17) is 9.57 Å². The maximum atomic E-state index is 11.5. The van der Waals surface area contributed by atoms with E-state index in [0.717, 1.165) is 10.4 Å². The molecule has 6 heteroatoms. The largest absolute Gasteiger partial charge is 0.496 e. The Hall–Kier alpha value is -2.34. The average Bonchev–Trinajstić information content (AvgIpc) is 3.03. The van der Waals surface area contributed by atoms with E-state index in [1.165, 1.54) is 6.21 Å². The molecule has 0 spiro atoms. The first-order valence-corrected chi connectivity index (χ1v) is 7.25. The normalized spacial score (nSPS) is 10.5. The highest BCUT2D eigenvalue weighted by molar-refractivity contribution is 7.09. The second-order valence-corrected chi connectivity index (χ2v) is 5.14. The van der Waals surface area contributed by atoms with Crippen LogP contribution in [0.4, 0.5) is 0 Å². The molecule has 0 unspecified atom stereocenters. The lowest BCUT2D eigenvalue weighted by Crippen LogP contribution is -2.26. The molecular weight excluding hydrogens is 288 g/mol. The Morgan fingerprint density at radius 2 is 2.19 bits per heavy atom. The summed E-state index contributed by atoms with van der Waals surface area (Å²) in [5.41, 5.74) is 0.791. The van der Waals surface area contributed by atoms with Gasteiger partial charge in [-0.25, -0.2) is 0 Å². The van der Waals surface area contributed by atoms with E-state index in [0.29, 0.717) is 12.3 Å². The minimum Gasteiger partial charge on any atom is -0.496 e. The number of hydrogen-bond acceptors (Lipinski definition) is 5. The zero-order chi connectivity index (χ0) is 14.9. The summed E-state index contributed by atoms with van der Waals surface area (Å²) in [5.74, 6) is 0.493. The molecule has 2 aromatic rings. The highest BCUT2D eigenvalue weighted by Gasteiger charge is 2.02. The molecule has 2 rings (SSSR count). The third kappa shape index (κ3) is 4.92. The minimum absolute atomic E-state index is 0.114. The van der Waals surface area contributed by atoms with Crippen molar-refractivity contribution in [3.05, 3.63) is 52.2 Å². The number of methoxy groups -OCH3 is 1. The predicted octanol–water partition coefficient (Wildman–Crippen LogP) is 2.42. The highest BCUT2D eigenvalue weighted by atomic mass is 32.1. The number of nitrogens with one attached hydrogen (secondary N) is 1. The molecule has 0 aliphatic heterocycles. The smallest absolute Gasteiger partial charge is 0.261 e. The molecular formula is C15H16N2O3S. The summed E-state index contributed by atoms with van der Waals surface area (Å²) < 4.78 is 5.18. The minimum atomic E-state index is -0.208. The number of benzene rings is 1. The third-order valence-electron chi connectivity index (χ3n) is 2.64. The average molecular weight is 304 g/mol. The number of ether oxygens (including phenoxy) is 1. The van der Waals surface area contributed by atoms with Crippen molar-refractivity contribution in [1.82, 2.24) is 5.32 Å². The number of nitrogens with zero attached hydrogens (tertiary/aromatic N) is 1. The summed E-state index contributed by atoms with van der Waals surface area (Å²) in [6, 6.07) is 11.3. The zero-order valence-corrected chi connectivity index (χ0v) is 12.4. The Labute approximate surface area is 127 Å². The van der Waals surface area contributed by atoms with E-state index >= 15 is 0 Å². The Morgan fingerprint density at radius 1 is 1.33 bits per heavy atom. The summed E-state index contributed by atoms with van der Waals surface area (Å²) in [5, 5.41) is 8.49. The first-order valence-electron chi connectivity index (χ1n) is 6.37. The monoisotopic (exact) mass is 304 g/mol. The van der Waals surface area contributed by atoms with E-state index < -0.39 is 0 Å². The van der Waals surface area contributed by atoms with Gasteiger partial charge in [-0.1, -0.05) is 23.4 Å². The number of oxime groups is 1. The van der Waals surface area contributed by atoms with Crippen LogP contribution < -0.4 is 10.1 Å². The molecule has 0 bridgehead atoms. The van der Waals surface area contributed by atoms with E-state index in [1.54, 1.807) is 18.4 Å². The second-order valence-electron chi connectivity index (χ2n) is 4.11. The lowest BCUT2D eigenvalue weighted by Gasteiger charge is -2.04. The summed E-state index contributed by atoms with van der Waals surface area (Å²) in [6.07, 6.45) is 1.52. The SMILES string of the molecule is COc1ccccc1/C=N\OCC(=O)NCc1cccs1. The number of para-hydroxylation sites is 1. The van der Waals surface area contributed by atoms with Crippen LogP contribution in [0.3, 0.4) is 0 Å². The van der Waals surface area contributed by atoms with Crippen LogP contribution in [-0.4, -0.2) is 25.8 Å². The molecule has 1 aromatic carbocycles.